The van der Waals surface area contributed by atoms with Gasteiger partial charge in [0.1, 0.15) is 11.8 Å². The van der Waals surface area contributed by atoms with E-state index in [1.165, 1.54) is 18.2 Å². The van der Waals surface area contributed by atoms with E-state index in [4.69, 9.17) is 4.74 Å². The molecule has 30 heavy (non-hydrogen) atoms. The Bertz CT molecular complexity index is 872. The molecule has 6 nitrogen and oxygen atoms in total. The monoisotopic (exact) mass is 431 g/mol. The number of carbonyl (C=O) groups excluding carboxylic acids is 2. The molecule has 0 bridgehead atoms. The predicted molar refractivity (Wildman–Crippen MR) is 120 cm³/mol. The number of carbonyl (C=O) groups is 2. The molecule has 2 atom stereocenters. The molecule has 1 aliphatic heterocycles. The second-order valence-corrected chi connectivity index (χ2v) is 7.60. The van der Waals surface area contributed by atoms with Crippen molar-refractivity contribution in [3.05, 3.63) is 65.2 Å². The Labute approximate surface area is 184 Å². The van der Waals surface area contributed by atoms with Crippen LogP contribution >= 0.6 is 12.4 Å². The van der Waals surface area contributed by atoms with Crippen LogP contribution in [-0.2, 0) is 11.2 Å². The lowest BCUT2D eigenvalue weighted by Gasteiger charge is -2.28. The van der Waals surface area contributed by atoms with Crippen LogP contribution in [-0.4, -0.2) is 38.1 Å². The van der Waals surface area contributed by atoms with Crippen LogP contribution in [0.2, 0.25) is 0 Å². The van der Waals surface area contributed by atoms with Gasteiger partial charge in [-0.1, -0.05) is 50.2 Å². The first-order chi connectivity index (χ1) is 14.0. The number of rotatable bonds is 7. The van der Waals surface area contributed by atoms with Crippen molar-refractivity contribution in [3.8, 4) is 5.75 Å². The van der Waals surface area contributed by atoms with E-state index >= 15 is 0 Å². The Balaban J connectivity index is 0.00000320. The Morgan fingerprint density at radius 3 is 2.57 bits per heavy atom. The number of nitrogens with one attached hydrogen (secondary N) is 3. The topological polar surface area (TPSA) is 79.5 Å². The number of methoxy groups -OCH3 is 1. The fourth-order valence-electron chi connectivity index (χ4n) is 3.67. The van der Waals surface area contributed by atoms with Gasteiger partial charge in [0, 0.05) is 12.6 Å². The van der Waals surface area contributed by atoms with Crippen molar-refractivity contribution in [3.63, 3.8) is 0 Å². The molecule has 0 fully saturated rings. The minimum atomic E-state index is -0.633. The molecular weight excluding hydrogens is 402 g/mol. The first-order valence-electron chi connectivity index (χ1n) is 10.0. The predicted octanol–water partition coefficient (Wildman–Crippen LogP) is 2.87. The van der Waals surface area contributed by atoms with Crippen LogP contribution < -0.4 is 20.7 Å². The van der Waals surface area contributed by atoms with Crippen LogP contribution in [0.3, 0.4) is 0 Å². The Kier molecular flexibility index (Phi) is 8.69. The van der Waals surface area contributed by atoms with Crippen LogP contribution in [0.15, 0.2) is 48.5 Å². The van der Waals surface area contributed by atoms with Crippen LogP contribution in [0.5, 0.6) is 5.75 Å². The molecule has 162 valence electrons. The molecule has 1 aliphatic rings. The fraction of sp³-hybridized carbons (Fsp3) is 0.391. The largest absolute Gasteiger partial charge is 0.496 e. The average molecular weight is 432 g/mol. The van der Waals surface area contributed by atoms with E-state index in [0.717, 1.165) is 13.0 Å². The quantitative estimate of drug-likeness (QED) is 0.629. The summed E-state index contributed by atoms with van der Waals surface area (Å²) in [4.78, 5) is 25.6. The fourth-order valence-corrected chi connectivity index (χ4v) is 3.67. The van der Waals surface area contributed by atoms with E-state index in [1.807, 2.05) is 26.0 Å². The summed E-state index contributed by atoms with van der Waals surface area (Å²) in [5.41, 5.74) is 2.95. The lowest BCUT2D eigenvalue weighted by atomic mass is 9.94. The van der Waals surface area contributed by atoms with Crippen molar-refractivity contribution in [1.29, 1.82) is 0 Å². The van der Waals surface area contributed by atoms with Crippen LogP contribution in [0.25, 0.3) is 0 Å². The third-order valence-electron chi connectivity index (χ3n) is 5.28. The lowest BCUT2D eigenvalue weighted by molar-refractivity contribution is -0.124. The highest BCUT2D eigenvalue weighted by molar-refractivity contribution is 5.99. The summed E-state index contributed by atoms with van der Waals surface area (Å²) in [5, 5.41) is 9.34. The third kappa shape index (κ3) is 5.52. The number of fused-ring (bicyclic) bond motifs is 1. The second kappa shape index (κ2) is 11.0. The summed E-state index contributed by atoms with van der Waals surface area (Å²) in [5.74, 6) is -0.0817. The number of halogens is 1. The van der Waals surface area contributed by atoms with Gasteiger partial charge in [-0.25, -0.2) is 0 Å². The highest BCUT2D eigenvalue weighted by atomic mass is 35.5. The smallest absolute Gasteiger partial charge is 0.255 e. The lowest BCUT2D eigenvalue weighted by Crippen LogP contribution is -2.51. The first kappa shape index (κ1) is 23.7. The van der Waals surface area contributed by atoms with Gasteiger partial charge < -0.3 is 20.7 Å². The van der Waals surface area contributed by atoms with E-state index in [-0.39, 0.29) is 36.2 Å². The van der Waals surface area contributed by atoms with Gasteiger partial charge in [-0.15, -0.1) is 12.4 Å². The molecule has 3 rings (SSSR count). The summed E-state index contributed by atoms with van der Waals surface area (Å²) in [7, 11) is 1.52. The maximum Gasteiger partial charge on any atom is 0.255 e. The summed E-state index contributed by atoms with van der Waals surface area (Å²) in [6.45, 7) is 5.20. The number of para-hydroxylation sites is 1. The van der Waals surface area contributed by atoms with Gasteiger partial charge in [0.25, 0.3) is 5.91 Å². The summed E-state index contributed by atoms with van der Waals surface area (Å²) in [6.07, 6.45) is 0.990. The molecule has 3 N–H and O–H groups in total. The number of hydrogen-bond acceptors (Lipinski definition) is 4. The summed E-state index contributed by atoms with van der Waals surface area (Å²) < 4.78 is 5.26. The number of hydrogen-bond donors (Lipinski definition) is 3. The highest BCUT2D eigenvalue weighted by Crippen LogP contribution is 2.22. The Morgan fingerprint density at radius 2 is 1.83 bits per heavy atom. The Morgan fingerprint density at radius 1 is 1.13 bits per heavy atom. The van der Waals surface area contributed by atoms with Crippen molar-refractivity contribution < 1.29 is 14.3 Å². The molecule has 1 heterocycles. The molecule has 2 unspecified atom stereocenters. The van der Waals surface area contributed by atoms with E-state index in [1.54, 1.807) is 24.3 Å². The zero-order valence-electron chi connectivity index (χ0n) is 17.6. The van der Waals surface area contributed by atoms with Gasteiger partial charge >= 0.3 is 0 Å². The van der Waals surface area contributed by atoms with E-state index in [0.29, 0.717) is 17.9 Å². The minimum absolute atomic E-state index is 0. The van der Waals surface area contributed by atoms with Crippen LogP contribution in [0.1, 0.15) is 41.4 Å². The molecule has 0 aromatic heterocycles. The van der Waals surface area contributed by atoms with Crippen LogP contribution in [0, 0.1) is 5.92 Å². The molecule has 0 aliphatic carbocycles. The van der Waals surface area contributed by atoms with E-state index in [2.05, 4.69) is 28.1 Å². The molecule has 2 amide bonds. The zero-order valence-corrected chi connectivity index (χ0v) is 18.4. The molecule has 0 saturated carbocycles. The number of benzene rings is 2. The molecule has 7 heteroatoms. The third-order valence-corrected chi connectivity index (χ3v) is 5.28. The molecular formula is C23H30ClN3O3. The van der Waals surface area contributed by atoms with E-state index in [9.17, 15) is 9.59 Å². The molecule has 0 radical (unpaired) electrons. The maximum absolute atomic E-state index is 12.9. The SMILES string of the molecule is COc1ccccc1C(=O)NC(C(=O)NCC1NCCc2ccccc21)C(C)C.Cl. The van der Waals surface area contributed by atoms with Gasteiger partial charge in [0.05, 0.1) is 12.7 Å². The number of ether oxygens (including phenoxy) is 1. The second-order valence-electron chi connectivity index (χ2n) is 7.60. The average Bonchev–Trinajstić information content (AvgIpc) is 2.75. The van der Waals surface area contributed by atoms with Crippen molar-refractivity contribution in [2.45, 2.75) is 32.4 Å². The summed E-state index contributed by atoms with van der Waals surface area (Å²) in [6, 6.07) is 14.7. The van der Waals surface area contributed by atoms with Crippen molar-refractivity contribution in [1.82, 2.24) is 16.0 Å². The van der Waals surface area contributed by atoms with Crippen LogP contribution in [0.4, 0.5) is 0 Å². The number of amides is 2. The minimum Gasteiger partial charge on any atom is -0.496 e. The summed E-state index contributed by atoms with van der Waals surface area (Å²) >= 11 is 0. The highest BCUT2D eigenvalue weighted by Gasteiger charge is 2.27. The van der Waals surface area contributed by atoms with Crippen molar-refractivity contribution in [2.24, 2.45) is 5.92 Å². The maximum atomic E-state index is 12.9. The van der Waals surface area contributed by atoms with Gasteiger partial charge in [-0.3, -0.25) is 9.59 Å². The molecule has 0 spiro atoms. The van der Waals surface area contributed by atoms with Gasteiger partial charge in [0.15, 0.2) is 0 Å². The van der Waals surface area contributed by atoms with Crippen molar-refractivity contribution >= 4 is 24.2 Å². The van der Waals surface area contributed by atoms with Gasteiger partial charge in [-0.2, -0.15) is 0 Å². The molecule has 2 aromatic carbocycles. The Hall–Kier alpha value is -2.57. The standard InChI is InChI=1S/C23H29N3O3.ClH/c1-15(2)21(26-22(27)18-10-6-7-11-20(18)29-3)23(28)25-14-19-17-9-5-4-8-16(17)12-13-24-19;/h4-11,15,19,21,24H,12-14H2,1-3H3,(H,25,28)(H,26,27);1H. The van der Waals surface area contributed by atoms with Gasteiger partial charge in [0.2, 0.25) is 5.91 Å². The normalized spacial score (nSPS) is 16.1. The van der Waals surface area contributed by atoms with Crippen molar-refractivity contribution in [2.75, 3.05) is 20.2 Å². The first-order valence-corrected chi connectivity index (χ1v) is 10.0. The van der Waals surface area contributed by atoms with E-state index < -0.39 is 6.04 Å². The molecule has 2 aromatic rings. The molecule has 0 saturated heterocycles. The zero-order chi connectivity index (χ0) is 20.8. The van der Waals surface area contributed by atoms with Gasteiger partial charge in [-0.05, 0) is 42.1 Å².